The lowest BCUT2D eigenvalue weighted by Gasteiger charge is -2.02. The highest BCUT2D eigenvalue weighted by atomic mass is 32.2. The van der Waals surface area contributed by atoms with Gasteiger partial charge in [0.15, 0.2) is 11.0 Å². The zero-order valence-electron chi connectivity index (χ0n) is 16.7. The third-order valence-corrected chi connectivity index (χ3v) is 6.03. The van der Waals surface area contributed by atoms with E-state index in [-0.39, 0.29) is 0 Å². The molecule has 30 heavy (non-hydrogen) atoms. The third kappa shape index (κ3) is 3.29. The number of rotatable bonds is 6. The van der Waals surface area contributed by atoms with Crippen LogP contribution in [0.25, 0.3) is 33.7 Å². The van der Waals surface area contributed by atoms with Gasteiger partial charge >= 0.3 is 0 Å². The summed E-state index contributed by atoms with van der Waals surface area (Å²) in [6.07, 6.45) is 2.15. The predicted molar refractivity (Wildman–Crippen MR) is 117 cm³/mol. The highest BCUT2D eigenvalue weighted by Crippen LogP contribution is 2.31. The smallest absolute Gasteiger partial charge is 0.237 e. The largest absolute Gasteiger partial charge is 0.347 e. The topological polar surface area (TPSA) is 74.6 Å². The van der Waals surface area contributed by atoms with Gasteiger partial charge in [-0.05, 0) is 13.0 Å². The van der Waals surface area contributed by atoms with E-state index in [2.05, 4.69) is 62.3 Å². The minimum atomic E-state index is 0.530. The summed E-state index contributed by atoms with van der Waals surface area (Å²) in [7, 11) is 1.99. The van der Waals surface area contributed by atoms with Crippen molar-refractivity contribution in [2.45, 2.75) is 24.4 Å². The Labute approximate surface area is 177 Å². The van der Waals surface area contributed by atoms with Crippen LogP contribution in [0.5, 0.6) is 0 Å². The zero-order chi connectivity index (χ0) is 20.5. The number of aromatic nitrogens is 6. The molecule has 5 rings (SSSR count). The van der Waals surface area contributed by atoms with Gasteiger partial charge in [0.05, 0.1) is 5.75 Å². The Morgan fingerprint density at radius 3 is 2.63 bits per heavy atom. The van der Waals surface area contributed by atoms with E-state index in [1.165, 1.54) is 22.7 Å². The van der Waals surface area contributed by atoms with E-state index in [0.29, 0.717) is 17.5 Å². The molecule has 0 saturated carbocycles. The van der Waals surface area contributed by atoms with Crippen molar-refractivity contribution >= 4 is 22.7 Å². The highest BCUT2D eigenvalue weighted by Gasteiger charge is 2.17. The van der Waals surface area contributed by atoms with Gasteiger partial charge in [-0.15, -0.1) is 10.2 Å². The average molecular weight is 417 g/mol. The number of hydrogen-bond donors (Lipinski definition) is 0. The number of nitrogens with zero attached hydrogens (tertiary/aromatic N) is 6. The molecule has 0 aliphatic heterocycles. The summed E-state index contributed by atoms with van der Waals surface area (Å²) >= 11 is 1.53. The molecule has 0 radical (unpaired) electrons. The Bertz CT molecular complexity index is 1300. The number of aryl methyl sites for hydroxylation is 1. The molecule has 0 N–H and O–H groups in total. The Balaban J connectivity index is 1.38. The van der Waals surface area contributed by atoms with Crippen LogP contribution in [0, 0.1) is 0 Å². The van der Waals surface area contributed by atoms with Crippen molar-refractivity contribution in [3.63, 3.8) is 0 Å². The SMILES string of the molecule is CCn1cc(-c2nnc(SCc3nc(-c4ccccc4)no3)n2C)c2ccccc21. The maximum atomic E-state index is 5.40. The summed E-state index contributed by atoms with van der Waals surface area (Å²) in [5.74, 6) is 2.53. The van der Waals surface area contributed by atoms with Crippen LogP contribution in [0.4, 0.5) is 0 Å². The first-order valence-corrected chi connectivity index (χ1v) is 10.7. The first kappa shape index (κ1) is 18.6. The van der Waals surface area contributed by atoms with Crippen molar-refractivity contribution in [2.75, 3.05) is 0 Å². The molecule has 150 valence electrons. The van der Waals surface area contributed by atoms with Crippen molar-refractivity contribution in [2.24, 2.45) is 7.05 Å². The second-order valence-corrected chi connectivity index (χ2v) is 7.82. The van der Waals surface area contributed by atoms with Crippen molar-refractivity contribution < 1.29 is 4.52 Å². The zero-order valence-corrected chi connectivity index (χ0v) is 17.5. The summed E-state index contributed by atoms with van der Waals surface area (Å²) in [6.45, 7) is 3.04. The summed E-state index contributed by atoms with van der Waals surface area (Å²) < 4.78 is 9.65. The van der Waals surface area contributed by atoms with Crippen molar-refractivity contribution in [3.05, 3.63) is 66.7 Å². The summed E-state index contributed by atoms with van der Waals surface area (Å²) in [5.41, 5.74) is 3.22. The second-order valence-electron chi connectivity index (χ2n) is 6.88. The normalized spacial score (nSPS) is 11.4. The van der Waals surface area contributed by atoms with E-state index >= 15 is 0 Å². The molecule has 0 bridgehead atoms. The number of fused-ring (bicyclic) bond motifs is 1. The summed E-state index contributed by atoms with van der Waals surface area (Å²) in [6, 6.07) is 18.2. The van der Waals surface area contributed by atoms with E-state index in [1.807, 2.05) is 41.9 Å². The van der Waals surface area contributed by atoms with Crippen molar-refractivity contribution in [1.82, 2.24) is 29.5 Å². The van der Waals surface area contributed by atoms with Crippen LogP contribution in [-0.2, 0) is 19.3 Å². The van der Waals surface area contributed by atoms with Crippen molar-refractivity contribution in [1.29, 1.82) is 0 Å². The lowest BCUT2D eigenvalue weighted by Crippen LogP contribution is -1.95. The Hall–Kier alpha value is -3.39. The number of hydrogen-bond acceptors (Lipinski definition) is 6. The van der Waals surface area contributed by atoms with Crippen molar-refractivity contribution in [3.8, 4) is 22.8 Å². The number of thioether (sulfide) groups is 1. The Morgan fingerprint density at radius 1 is 1.00 bits per heavy atom. The lowest BCUT2D eigenvalue weighted by atomic mass is 10.1. The maximum absolute atomic E-state index is 5.40. The van der Waals surface area contributed by atoms with Gasteiger partial charge < -0.3 is 13.7 Å². The molecular weight excluding hydrogens is 396 g/mol. The molecule has 5 aromatic rings. The standard InChI is InChI=1S/C22H20N6OS/c1-3-28-13-17(16-11-7-8-12-18(16)28)21-24-25-22(27(21)2)30-14-19-23-20(26-29-19)15-9-5-4-6-10-15/h4-13H,3,14H2,1-2H3. The summed E-state index contributed by atoms with van der Waals surface area (Å²) in [5, 5.41) is 14.9. The van der Waals surface area contributed by atoms with Gasteiger partial charge in [0.25, 0.3) is 0 Å². The first-order valence-electron chi connectivity index (χ1n) is 9.73. The van der Waals surface area contributed by atoms with Gasteiger partial charge in [0, 0.05) is 41.8 Å². The van der Waals surface area contributed by atoms with Crippen LogP contribution in [-0.4, -0.2) is 29.5 Å². The fraction of sp³-hybridized carbons (Fsp3) is 0.182. The van der Waals surface area contributed by atoms with E-state index in [4.69, 9.17) is 4.52 Å². The molecular formula is C22H20N6OS. The van der Waals surface area contributed by atoms with Crippen LogP contribution in [0.2, 0.25) is 0 Å². The van der Waals surface area contributed by atoms with Crippen LogP contribution in [0.15, 0.2) is 70.5 Å². The molecule has 2 aromatic carbocycles. The molecule has 0 fully saturated rings. The van der Waals surface area contributed by atoms with Crippen LogP contribution in [0.1, 0.15) is 12.8 Å². The van der Waals surface area contributed by atoms with Gasteiger partial charge in [0.2, 0.25) is 11.7 Å². The van der Waals surface area contributed by atoms with E-state index in [1.54, 1.807) is 0 Å². The quantitative estimate of drug-likeness (QED) is 0.370. The predicted octanol–water partition coefficient (Wildman–Crippen LogP) is 4.80. The van der Waals surface area contributed by atoms with Crippen LogP contribution >= 0.6 is 11.8 Å². The second kappa shape index (κ2) is 7.79. The number of para-hydroxylation sites is 1. The third-order valence-electron chi connectivity index (χ3n) is 5.03. The average Bonchev–Trinajstić information content (AvgIpc) is 3.50. The summed E-state index contributed by atoms with van der Waals surface area (Å²) in [4.78, 5) is 4.49. The molecule has 0 atom stereocenters. The van der Waals surface area contributed by atoms with Crippen LogP contribution < -0.4 is 0 Å². The maximum Gasteiger partial charge on any atom is 0.237 e. The Morgan fingerprint density at radius 2 is 1.80 bits per heavy atom. The van der Waals surface area contributed by atoms with Gasteiger partial charge in [-0.2, -0.15) is 4.98 Å². The van der Waals surface area contributed by atoms with Crippen LogP contribution in [0.3, 0.4) is 0 Å². The van der Waals surface area contributed by atoms with E-state index < -0.39 is 0 Å². The Kier molecular flexibility index (Phi) is 4.84. The molecule has 0 aliphatic carbocycles. The lowest BCUT2D eigenvalue weighted by molar-refractivity contribution is 0.391. The minimum absolute atomic E-state index is 0.530. The van der Waals surface area contributed by atoms with E-state index in [0.717, 1.165) is 28.7 Å². The monoisotopic (exact) mass is 416 g/mol. The fourth-order valence-electron chi connectivity index (χ4n) is 3.51. The molecule has 0 unspecified atom stereocenters. The molecule has 8 heteroatoms. The molecule has 3 heterocycles. The molecule has 3 aromatic heterocycles. The van der Waals surface area contributed by atoms with Gasteiger partial charge in [0.1, 0.15) is 0 Å². The first-order chi connectivity index (χ1) is 14.7. The molecule has 0 amide bonds. The number of benzene rings is 2. The molecule has 0 spiro atoms. The molecule has 7 nitrogen and oxygen atoms in total. The highest BCUT2D eigenvalue weighted by molar-refractivity contribution is 7.98. The minimum Gasteiger partial charge on any atom is -0.347 e. The molecule has 0 saturated heterocycles. The van der Waals surface area contributed by atoms with Gasteiger partial charge in [-0.1, -0.05) is 65.4 Å². The molecule has 0 aliphatic rings. The van der Waals surface area contributed by atoms with Gasteiger partial charge in [-0.25, -0.2) is 0 Å². The van der Waals surface area contributed by atoms with Gasteiger partial charge in [-0.3, -0.25) is 0 Å². The fourth-order valence-corrected chi connectivity index (χ4v) is 4.25. The van der Waals surface area contributed by atoms with E-state index in [9.17, 15) is 0 Å².